The van der Waals surface area contributed by atoms with Crippen LogP contribution in [0.3, 0.4) is 0 Å². The quantitative estimate of drug-likeness (QED) is 0.672. The zero-order chi connectivity index (χ0) is 10.9. The average molecular weight is 207 g/mol. The van der Waals surface area contributed by atoms with Crippen LogP contribution in [0.4, 0.5) is 5.82 Å². The van der Waals surface area contributed by atoms with Gasteiger partial charge in [0.1, 0.15) is 5.82 Å². The summed E-state index contributed by atoms with van der Waals surface area (Å²) in [5.74, 6) is 0.622. The van der Waals surface area contributed by atoms with E-state index in [1.165, 1.54) is 24.8 Å². The smallest absolute Gasteiger partial charge is 0.123 e. The van der Waals surface area contributed by atoms with E-state index in [2.05, 4.69) is 17.2 Å². The average Bonchev–Trinajstić information content (AvgIpc) is 2.23. The molecule has 15 heavy (non-hydrogen) atoms. The molecule has 0 bridgehead atoms. The fourth-order valence-corrected chi connectivity index (χ4v) is 1.53. The zero-order valence-electron chi connectivity index (χ0n) is 9.50. The van der Waals surface area contributed by atoms with Crippen molar-refractivity contribution >= 4 is 5.82 Å². The fraction of sp³-hybridized carbons (Fsp3) is 0.583. The van der Waals surface area contributed by atoms with Gasteiger partial charge in [-0.15, -0.1) is 0 Å². The molecule has 3 N–H and O–H groups in total. The number of unbranched alkanes of at least 4 members (excludes halogenated alkanes) is 1. The van der Waals surface area contributed by atoms with E-state index in [1.54, 1.807) is 6.20 Å². The molecular formula is C12H21N3. The lowest BCUT2D eigenvalue weighted by molar-refractivity contribution is 0.617. The van der Waals surface area contributed by atoms with E-state index in [0.29, 0.717) is 5.82 Å². The van der Waals surface area contributed by atoms with E-state index in [-0.39, 0.29) is 0 Å². The highest BCUT2D eigenvalue weighted by Gasteiger charge is 1.94. The molecule has 1 heterocycles. The number of pyridine rings is 1. The topological polar surface area (TPSA) is 50.9 Å². The van der Waals surface area contributed by atoms with Crippen LogP contribution in [0.5, 0.6) is 0 Å². The van der Waals surface area contributed by atoms with Crippen molar-refractivity contribution in [3.8, 4) is 0 Å². The predicted octanol–water partition coefficient (Wildman–Crippen LogP) is 1.99. The number of nitrogens with two attached hydrogens (primary N) is 1. The van der Waals surface area contributed by atoms with Gasteiger partial charge >= 0.3 is 0 Å². The van der Waals surface area contributed by atoms with Crippen molar-refractivity contribution in [1.29, 1.82) is 0 Å². The van der Waals surface area contributed by atoms with Gasteiger partial charge in [-0.25, -0.2) is 4.98 Å². The summed E-state index contributed by atoms with van der Waals surface area (Å²) in [5, 5.41) is 3.40. The third-order valence-electron chi connectivity index (χ3n) is 2.34. The second-order valence-electron chi connectivity index (χ2n) is 3.80. The molecule has 3 nitrogen and oxygen atoms in total. The summed E-state index contributed by atoms with van der Waals surface area (Å²) in [5.41, 5.74) is 6.89. The lowest BCUT2D eigenvalue weighted by Crippen LogP contribution is -2.15. The number of rotatable bonds is 7. The van der Waals surface area contributed by atoms with Gasteiger partial charge in [0.2, 0.25) is 0 Å². The van der Waals surface area contributed by atoms with Gasteiger partial charge in [-0.1, -0.05) is 6.92 Å². The van der Waals surface area contributed by atoms with E-state index in [4.69, 9.17) is 5.73 Å². The van der Waals surface area contributed by atoms with Crippen LogP contribution in [0.2, 0.25) is 0 Å². The number of nitrogen functional groups attached to an aromatic ring is 1. The molecule has 0 fully saturated rings. The maximum absolute atomic E-state index is 5.61. The number of aromatic nitrogens is 1. The van der Waals surface area contributed by atoms with E-state index >= 15 is 0 Å². The third kappa shape index (κ3) is 5.37. The summed E-state index contributed by atoms with van der Waals surface area (Å²) in [6.45, 7) is 4.43. The SMILES string of the molecule is CCCNCCCCc1ccnc(N)c1. The Morgan fingerprint density at radius 1 is 1.33 bits per heavy atom. The minimum atomic E-state index is 0.622. The minimum Gasteiger partial charge on any atom is -0.384 e. The van der Waals surface area contributed by atoms with E-state index in [1.807, 2.05) is 12.1 Å². The van der Waals surface area contributed by atoms with Crippen molar-refractivity contribution in [1.82, 2.24) is 10.3 Å². The monoisotopic (exact) mass is 207 g/mol. The number of hydrogen-bond donors (Lipinski definition) is 2. The van der Waals surface area contributed by atoms with Crippen molar-refractivity contribution in [3.63, 3.8) is 0 Å². The molecule has 1 aromatic rings. The fourth-order valence-electron chi connectivity index (χ4n) is 1.53. The Labute approximate surface area is 92.1 Å². The molecule has 0 saturated heterocycles. The first-order chi connectivity index (χ1) is 7.33. The Kier molecular flexibility index (Phi) is 5.78. The Balaban J connectivity index is 2.10. The Morgan fingerprint density at radius 2 is 2.20 bits per heavy atom. The normalized spacial score (nSPS) is 10.5. The molecule has 0 amide bonds. The maximum Gasteiger partial charge on any atom is 0.123 e. The number of anilines is 1. The number of nitrogens with zero attached hydrogens (tertiary/aromatic N) is 1. The molecule has 0 spiro atoms. The zero-order valence-corrected chi connectivity index (χ0v) is 9.50. The largest absolute Gasteiger partial charge is 0.384 e. The maximum atomic E-state index is 5.61. The van der Waals surface area contributed by atoms with Gasteiger partial charge < -0.3 is 11.1 Å². The van der Waals surface area contributed by atoms with Crippen LogP contribution in [0, 0.1) is 0 Å². The van der Waals surface area contributed by atoms with Crippen LogP contribution in [-0.2, 0) is 6.42 Å². The highest BCUT2D eigenvalue weighted by Crippen LogP contribution is 2.06. The van der Waals surface area contributed by atoms with Gasteiger partial charge in [-0.2, -0.15) is 0 Å². The van der Waals surface area contributed by atoms with Gasteiger partial charge in [0.15, 0.2) is 0 Å². The minimum absolute atomic E-state index is 0.622. The number of hydrogen-bond acceptors (Lipinski definition) is 3. The van der Waals surface area contributed by atoms with Crippen molar-refractivity contribution in [3.05, 3.63) is 23.9 Å². The van der Waals surface area contributed by atoms with Gasteiger partial charge in [-0.05, 0) is 56.5 Å². The molecule has 1 aromatic heterocycles. The molecule has 0 aliphatic carbocycles. The molecule has 1 rings (SSSR count). The van der Waals surface area contributed by atoms with E-state index < -0.39 is 0 Å². The molecule has 84 valence electrons. The summed E-state index contributed by atoms with van der Waals surface area (Å²) in [6, 6.07) is 4.00. The first kappa shape index (κ1) is 12.0. The van der Waals surface area contributed by atoms with Gasteiger partial charge in [0.05, 0.1) is 0 Å². The molecule has 0 aliphatic heterocycles. The van der Waals surface area contributed by atoms with Crippen LogP contribution >= 0.6 is 0 Å². The first-order valence-corrected chi connectivity index (χ1v) is 5.74. The van der Waals surface area contributed by atoms with E-state index in [9.17, 15) is 0 Å². The van der Waals surface area contributed by atoms with Gasteiger partial charge in [0.25, 0.3) is 0 Å². The molecule has 0 saturated carbocycles. The summed E-state index contributed by atoms with van der Waals surface area (Å²) >= 11 is 0. The van der Waals surface area contributed by atoms with Crippen molar-refractivity contribution in [2.24, 2.45) is 0 Å². The van der Waals surface area contributed by atoms with Crippen LogP contribution < -0.4 is 11.1 Å². The molecule has 0 aromatic carbocycles. The third-order valence-corrected chi connectivity index (χ3v) is 2.34. The standard InChI is InChI=1S/C12H21N3/c1-2-7-14-8-4-3-5-11-6-9-15-12(13)10-11/h6,9-10,14H,2-5,7-8H2,1H3,(H2,13,15). The van der Waals surface area contributed by atoms with Crippen LogP contribution in [0.1, 0.15) is 31.7 Å². The molecular weight excluding hydrogens is 186 g/mol. The summed E-state index contributed by atoms with van der Waals surface area (Å²) in [6.07, 6.45) is 6.52. The number of nitrogens with one attached hydrogen (secondary N) is 1. The molecule has 0 atom stereocenters. The highest BCUT2D eigenvalue weighted by atomic mass is 14.8. The molecule has 0 aliphatic rings. The van der Waals surface area contributed by atoms with Crippen molar-refractivity contribution in [2.45, 2.75) is 32.6 Å². The van der Waals surface area contributed by atoms with Gasteiger partial charge in [-0.3, -0.25) is 0 Å². The summed E-state index contributed by atoms with van der Waals surface area (Å²) in [7, 11) is 0. The van der Waals surface area contributed by atoms with Crippen LogP contribution in [0.25, 0.3) is 0 Å². The van der Waals surface area contributed by atoms with Crippen molar-refractivity contribution < 1.29 is 0 Å². The Hall–Kier alpha value is -1.09. The second-order valence-corrected chi connectivity index (χ2v) is 3.80. The predicted molar refractivity (Wildman–Crippen MR) is 64.7 cm³/mol. The van der Waals surface area contributed by atoms with E-state index in [0.717, 1.165) is 19.5 Å². The molecule has 0 unspecified atom stereocenters. The van der Waals surface area contributed by atoms with Crippen LogP contribution in [-0.4, -0.2) is 18.1 Å². The number of aryl methyl sites for hydroxylation is 1. The summed E-state index contributed by atoms with van der Waals surface area (Å²) < 4.78 is 0. The molecule has 3 heteroatoms. The van der Waals surface area contributed by atoms with Crippen LogP contribution in [0.15, 0.2) is 18.3 Å². The Morgan fingerprint density at radius 3 is 2.93 bits per heavy atom. The first-order valence-electron chi connectivity index (χ1n) is 5.74. The lowest BCUT2D eigenvalue weighted by atomic mass is 10.1. The lowest BCUT2D eigenvalue weighted by Gasteiger charge is -2.03. The van der Waals surface area contributed by atoms with Gasteiger partial charge in [0, 0.05) is 6.20 Å². The second kappa shape index (κ2) is 7.23. The highest BCUT2D eigenvalue weighted by molar-refractivity contribution is 5.31. The van der Waals surface area contributed by atoms with Crippen molar-refractivity contribution in [2.75, 3.05) is 18.8 Å². The molecule has 0 radical (unpaired) electrons. The Bertz CT molecular complexity index is 273. The summed E-state index contributed by atoms with van der Waals surface area (Å²) in [4.78, 5) is 3.97.